The van der Waals surface area contributed by atoms with Crippen LogP contribution in [0.2, 0.25) is 0 Å². The van der Waals surface area contributed by atoms with E-state index < -0.39 is 0 Å². The first-order valence-electron chi connectivity index (χ1n) is 3.51. The molecule has 1 rings (SSSR count). The van der Waals surface area contributed by atoms with Gasteiger partial charge in [-0.15, -0.1) is 12.4 Å². The number of rotatable bonds is 4. The second-order valence-electron chi connectivity index (χ2n) is 2.53. The van der Waals surface area contributed by atoms with Crippen LogP contribution in [0.1, 0.15) is 0 Å². The third-order valence-electron chi connectivity index (χ3n) is 1.18. The van der Waals surface area contributed by atoms with Crippen LogP contribution < -0.4 is 0 Å². The van der Waals surface area contributed by atoms with Crippen LogP contribution in [0.25, 0.3) is 0 Å². The minimum Gasteiger partial charge on any atom is -0.309 e. The molecule has 0 fully saturated rings. The molecule has 0 aliphatic rings. The summed E-state index contributed by atoms with van der Waals surface area (Å²) in [5.74, 6) is 1.06. The van der Waals surface area contributed by atoms with Crippen LogP contribution >= 0.6 is 47.7 Å². The maximum Gasteiger partial charge on any atom is 0.177 e. The number of H-pyrrole nitrogens is 1. The van der Waals surface area contributed by atoms with Crippen LogP contribution in [-0.4, -0.2) is 41.5 Å². The molecule has 0 aliphatic heterocycles. The van der Waals surface area contributed by atoms with E-state index in [1.54, 1.807) is 11.8 Å². The second-order valence-corrected chi connectivity index (χ2v) is 5.54. The first-order chi connectivity index (χ1) is 5.68. The summed E-state index contributed by atoms with van der Waals surface area (Å²) < 4.78 is 1.78. The highest BCUT2D eigenvalue weighted by Crippen LogP contribution is 2.19. The Morgan fingerprint density at radius 2 is 2.31 bits per heavy atom. The second kappa shape index (κ2) is 6.78. The summed E-state index contributed by atoms with van der Waals surface area (Å²) in [6, 6.07) is 0. The smallest absolute Gasteiger partial charge is 0.177 e. The third-order valence-corrected chi connectivity index (χ3v) is 3.39. The molecule has 13 heavy (non-hydrogen) atoms. The molecule has 0 bridgehead atoms. The predicted octanol–water partition coefficient (Wildman–Crippen LogP) is 2.28. The van der Waals surface area contributed by atoms with Crippen LogP contribution in [-0.2, 0) is 0 Å². The molecular formula is C6H12ClN3S3. The molecule has 0 saturated carbocycles. The van der Waals surface area contributed by atoms with Gasteiger partial charge in [-0.1, -0.05) is 23.1 Å². The lowest BCUT2D eigenvalue weighted by Gasteiger charge is -2.06. The van der Waals surface area contributed by atoms with E-state index in [2.05, 4.69) is 29.2 Å². The molecule has 1 N–H and O–H groups in total. The first kappa shape index (κ1) is 13.4. The normalized spacial score (nSPS) is 10.1. The summed E-state index contributed by atoms with van der Waals surface area (Å²) in [6.45, 7) is 1.07. The van der Waals surface area contributed by atoms with Gasteiger partial charge in [0.1, 0.15) is 0 Å². The zero-order valence-corrected chi connectivity index (χ0v) is 10.7. The lowest BCUT2D eigenvalue weighted by Crippen LogP contribution is -2.14. The maximum absolute atomic E-state index is 4.91. The summed E-state index contributed by atoms with van der Waals surface area (Å²) in [7, 11) is 4.13. The highest BCUT2D eigenvalue weighted by molar-refractivity contribution is 8.01. The van der Waals surface area contributed by atoms with Crippen molar-refractivity contribution in [2.45, 2.75) is 4.34 Å². The zero-order valence-electron chi connectivity index (χ0n) is 7.44. The van der Waals surface area contributed by atoms with E-state index in [0.29, 0.717) is 0 Å². The Kier molecular flexibility index (Phi) is 6.98. The Morgan fingerprint density at radius 3 is 2.77 bits per heavy atom. The molecule has 3 nitrogen and oxygen atoms in total. The first-order valence-corrected chi connectivity index (χ1v) is 5.72. The third kappa shape index (κ3) is 5.64. The van der Waals surface area contributed by atoms with Gasteiger partial charge in [0.05, 0.1) is 0 Å². The van der Waals surface area contributed by atoms with Gasteiger partial charge in [-0.25, -0.2) is 0 Å². The van der Waals surface area contributed by atoms with Crippen molar-refractivity contribution in [1.82, 2.24) is 15.1 Å². The summed E-state index contributed by atoms with van der Waals surface area (Å²) in [4.78, 5) is 2.15. The van der Waals surface area contributed by atoms with Crippen LogP contribution in [0.5, 0.6) is 0 Å². The van der Waals surface area contributed by atoms with Gasteiger partial charge in [-0.05, 0) is 26.3 Å². The van der Waals surface area contributed by atoms with E-state index in [1.165, 1.54) is 11.3 Å². The molecule has 0 atom stereocenters. The Labute approximate surface area is 97.3 Å². The molecule has 1 aromatic heterocycles. The number of aromatic nitrogens is 2. The van der Waals surface area contributed by atoms with Crippen molar-refractivity contribution in [3.63, 3.8) is 0 Å². The minimum absolute atomic E-state index is 0. The van der Waals surface area contributed by atoms with E-state index in [1.807, 2.05) is 0 Å². The van der Waals surface area contributed by atoms with Gasteiger partial charge in [0.2, 0.25) is 0 Å². The van der Waals surface area contributed by atoms with Crippen molar-refractivity contribution in [2.75, 3.05) is 26.4 Å². The standard InChI is InChI=1S/C6H11N3S3.ClH/c1-9(2)3-4-11-6-8-7-5(10)12-6;/h3-4H2,1-2H3,(H,7,10);1H. The Bertz CT molecular complexity index is 283. The average Bonchev–Trinajstić information content (AvgIpc) is 2.35. The van der Waals surface area contributed by atoms with Crippen LogP contribution in [0.15, 0.2) is 4.34 Å². The fourth-order valence-corrected chi connectivity index (χ4v) is 2.85. The lowest BCUT2D eigenvalue weighted by molar-refractivity contribution is 0.437. The Balaban J connectivity index is 0.00000144. The molecule has 0 unspecified atom stereocenters. The van der Waals surface area contributed by atoms with Gasteiger partial charge in [0.25, 0.3) is 0 Å². The average molecular weight is 258 g/mol. The monoisotopic (exact) mass is 257 g/mol. The van der Waals surface area contributed by atoms with E-state index in [4.69, 9.17) is 12.2 Å². The van der Waals surface area contributed by atoms with E-state index in [9.17, 15) is 0 Å². The van der Waals surface area contributed by atoms with Crippen molar-refractivity contribution < 1.29 is 0 Å². The molecular weight excluding hydrogens is 246 g/mol. The topological polar surface area (TPSA) is 31.9 Å². The van der Waals surface area contributed by atoms with Gasteiger partial charge in [0, 0.05) is 12.3 Å². The quantitative estimate of drug-likeness (QED) is 0.663. The van der Waals surface area contributed by atoms with Crippen molar-refractivity contribution in [1.29, 1.82) is 0 Å². The van der Waals surface area contributed by atoms with Gasteiger partial charge in [-0.3, -0.25) is 5.10 Å². The number of nitrogens with one attached hydrogen (secondary N) is 1. The number of nitrogens with zero attached hydrogens (tertiary/aromatic N) is 2. The number of halogens is 1. The van der Waals surface area contributed by atoms with Gasteiger partial charge < -0.3 is 4.90 Å². The van der Waals surface area contributed by atoms with Gasteiger partial charge in [0.15, 0.2) is 8.29 Å². The van der Waals surface area contributed by atoms with Crippen molar-refractivity contribution >= 4 is 47.7 Å². The van der Waals surface area contributed by atoms with Crippen LogP contribution in [0, 0.1) is 3.95 Å². The van der Waals surface area contributed by atoms with E-state index in [-0.39, 0.29) is 12.4 Å². The SMILES string of the molecule is CN(C)CCSc1n[nH]c(=S)s1.Cl. The maximum atomic E-state index is 4.91. The molecule has 0 saturated heterocycles. The Morgan fingerprint density at radius 1 is 1.62 bits per heavy atom. The molecule has 0 radical (unpaired) electrons. The van der Waals surface area contributed by atoms with Crippen molar-refractivity contribution in [3.05, 3.63) is 3.95 Å². The molecule has 1 aromatic rings. The lowest BCUT2D eigenvalue weighted by atomic mass is 10.7. The number of thioether (sulfide) groups is 1. The van der Waals surface area contributed by atoms with Crippen LogP contribution in [0.3, 0.4) is 0 Å². The fourth-order valence-electron chi connectivity index (χ4n) is 0.593. The highest BCUT2D eigenvalue weighted by atomic mass is 35.5. The highest BCUT2D eigenvalue weighted by Gasteiger charge is 1.98. The Hall–Kier alpha value is 0.380. The van der Waals surface area contributed by atoms with E-state index in [0.717, 1.165) is 20.6 Å². The molecule has 7 heteroatoms. The zero-order chi connectivity index (χ0) is 8.97. The summed E-state index contributed by atoms with van der Waals surface area (Å²) in [5.41, 5.74) is 0. The predicted molar refractivity (Wildman–Crippen MR) is 63.8 cm³/mol. The number of hydrogen-bond acceptors (Lipinski definition) is 5. The fraction of sp³-hybridized carbons (Fsp3) is 0.667. The minimum atomic E-state index is 0. The summed E-state index contributed by atoms with van der Waals surface area (Å²) in [6.07, 6.45) is 0. The molecule has 76 valence electrons. The molecule has 0 spiro atoms. The number of aromatic amines is 1. The molecule has 0 aliphatic carbocycles. The molecule has 1 heterocycles. The number of hydrogen-bond donors (Lipinski definition) is 1. The summed E-state index contributed by atoms with van der Waals surface area (Å²) >= 11 is 8.18. The van der Waals surface area contributed by atoms with E-state index >= 15 is 0 Å². The van der Waals surface area contributed by atoms with Crippen molar-refractivity contribution in [2.24, 2.45) is 0 Å². The van der Waals surface area contributed by atoms with Crippen LogP contribution in [0.4, 0.5) is 0 Å². The van der Waals surface area contributed by atoms with Gasteiger partial charge in [-0.2, -0.15) is 5.10 Å². The van der Waals surface area contributed by atoms with Gasteiger partial charge >= 0.3 is 0 Å². The molecule has 0 amide bonds. The largest absolute Gasteiger partial charge is 0.309 e. The molecule has 0 aromatic carbocycles. The summed E-state index contributed by atoms with van der Waals surface area (Å²) in [5, 5.41) is 6.80. The van der Waals surface area contributed by atoms with Crippen molar-refractivity contribution in [3.8, 4) is 0 Å².